The molecule has 0 aliphatic carbocycles. The molecule has 0 atom stereocenters. The number of ether oxygens (including phenoxy) is 1. The molecule has 6 nitrogen and oxygen atoms in total. The third-order valence-corrected chi connectivity index (χ3v) is 4.85. The molecule has 3 aromatic rings. The predicted molar refractivity (Wildman–Crippen MR) is 111 cm³/mol. The number of para-hydroxylation sites is 1. The van der Waals surface area contributed by atoms with Gasteiger partial charge < -0.3 is 9.64 Å². The molecule has 0 unspecified atom stereocenters. The third-order valence-electron chi connectivity index (χ3n) is 4.50. The lowest BCUT2D eigenvalue weighted by molar-refractivity contribution is -0.133. The maximum Gasteiger partial charge on any atom is 0.343 e. The van der Waals surface area contributed by atoms with Gasteiger partial charge in [0.05, 0.1) is 11.4 Å². The van der Waals surface area contributed by atoms with Crippen LogP contribution >= 0.6 is 11.6 Å². The lowest BCUT2D eigenvalue weighted by Crippen LogP contribution is -2.30. The quantitative estimate of drug-likeness (QED) is 0.576. The predicted octanol–water partition coefficient (Wildman–Crippen LogP) is 3.96. The van der Waals surface area contributed by atoms with Gasteiger partial charge >= 0.3 is 5.97 Å². The summed E-state index contributed by atoms with van der Waals surface area (Å²) in [6.45, 7) is 3.74. The average molecular weight is 412 g/mol. The van der Waals surface area contributed by atoms with E-state index in [0.717, 1.165) is 16.8 Å². The molecule has 1 heterocycles. The molecule has 7 heteroatoms. The van der Waals surface area contributed by atoms with E-state index in [0.29, 0.717) is 12.2 Å². The smallest absolute Gasteiger partial charge is 0.343 e. The lowest BCUT2D eigenvalue weighted by atomic mass is 10.1. The Morgan fingerprint density at radius 2 is 1.72 bits per heavy atom. The van der Waals surface area contributed by atoms with Crippen LogP contribution in [0.15, 0.2) is 54.6 Å². The number of aromatic nitrogens is 2. The van der Waals surface area contributed by atoms with Crippen molar-refractivity contribution in [3.8, 4) is 5.69 Å². The van der Waals surface area contributed by atoms with Gasteiger partial charge in [-0.2, -0.15) is 5.10 Å². The summed E-state index contributed by atoms with van der Waals surface area (Å²) in [4.78, 5) is 26.4. The summed E-state index contributed by atoms with van der Waals surface area (Å²) in [5.74, 6) is -0.977. The van der Waals surface area contributed by atoms with Gasteiger partial charge in [0, 0.05) is 13.6 Å². The van der Waals surface area contributed by atoms with Gasteiger partial charge in [-0.25, -0.2) is 9.48 Å². The molecule has 0 aliphatic heterocycles. The van der Waals surface area contributed by atoms with Crippen molar-refractivity contribution in [1.82, 2.24) is 14.7 Å². The first-order valence-corrected chi connectivity index (χ1v) is 9.52. The van der Waals surface area contributed by atoms with E-state index in [1.807, 2.05) is 61.5 Å². The van der Waals surface area contributed by atoms with Gasteiger partial charge in [-0.15, -0.1) is 0 Å². The Kier molecular flexibility index (Phi) is 6.34. The van der Waals surface area contributed by atoms with Crippen LogP contribution in [0.2, 0.25) is 5.15 Å². The minimum Gasteiger partial charge on any atom is -0.452 e. The highest BCUT2D eigenvalue weighted by atomic mass is 35.5. The Morgan fingerprint density at radius 1 is 1.07 bits per heavy atom. The van der Waals surface area contributed by atoms with E-state index in [1.165, 1.54) is 9.58 Å². The van der Waals surface area contributed by atoms with E-state index in [9.17, 15) is 9.59 Å². The van der Waals surface area contributed by atoms with E-state index in [2.05, 4.69) is 5.10 Å². The number of benzene rings is 2. The summed E-state index contributed by atoms with van der Waals surface area (Å²) in [7, 11) is 1.67. The highest BCUT2D eigenvalue weighted by Crippen LogP contribution is 2.24. The second kappa shape index (κ2) is 8.92. The van der Waals surface area contributed by atoms with Gasteiger partial charge in [-0.3, -0.25) is 4.79 Å². The van der Waals surface area contributed by atoms with Crippen molar-refractivity contribution in [2.45, 2.75) is 20.4 Å². The van der Waals surface area contributed by atoms with Crippen molar-refractivity contribution in [2.75, 3.05) is 13.7 Å². The molecule has 2 aromatic carbocycles. The van der Waals surface area contributed by atoms with Crippen molar-refractivity contribution < 1.29 is 14.3 Å². The molecule has 0 spiro atoms. The SMILES string of the molecule is Cc1ccc(CN(C)C(=O)COC(=O)c2c(C)nn(-c3ccccc3)c2Cl)cc1. The number of esters is 1. The van der Waals surface area contributed by atoms with Crippen molar-refractivity contribution >= 4 is 23.5 Å². The first-order chi connectivity index (χ1) is 13.9. The first kappa shape index (κ1) is 20.6. The van der Waals surface area contributed by atoms with Gasteiger partial charge in [0.1, 0.15) is 10.7 Å². The van der Waals surface area contributed by atoms with Crippen LogP contribution in [-0.4, -0.2) is 40.2 Å². The van der Waals surface area contributed by atoms with Crippen LogP contribution in [0.3, 0.4) is 0 Å². The van der Waals surface area contributed by atoms with Crippen LogP contribution < -0.4 is 0 Å². The molecule has 0 radical (unpaired) electrons. The van der Waals surface area contributed by atoms with Crippen LogP contribution in [0.5, 0.6) is 0 Å². The topological polar surface area (TPSA) is 64.4 Å². The zero-order valence-electron chi connectivity index (χ0n) is 16.6. The minimum absolute atomic E-state index is 0.152. The molecule has 3 rings (SSSR count). The Hall–Kier alpha value is -3.12. The number of likely N-dealkylation sites (N-methyl/N-ethyl adjacent to an activating group) is 1. The van der Waals surface area contributed by atoms with Crippen molar-refractivity contribution in [2.24, 2.45) is 0 Å². The van der Waals surface area contributed by atoms with Gasteiger partial charge in [0.25, 0.3) is 5.91 Å². The monoisotopic (exact) mass is 411 g/mol. The van der Waals surface area contributed by atoms with Gasteiger partial charge in [-0.1, -0.05) is 59.6 Å². The standard InChI is InChI=1S/C22H22ClN3O3/c1-15-9-11-17(12-10-15)13-25(3)19(27)14-29-22(28)20-16(2)24-26(21(20)23)18-7-5-4-6-8-18/h4-12H,13-14H2,1-3H3. The number of aryl methyl sites for hydroxylation is 2. The second-order valence-corrected chi connectivity index (χ2v) is 7.17. The number of halogens is 1. The zero-order chi connectivity index (χ0) is 21.0. The van der Waals surface area contributed by atoms with Crippen LogP contribution in [0.25, 0.3) is 5.69 Å². The van der Waals surface area contributed by atoms with Crippen LogP contribution in [0.1, 0.15) is 27.2 Å². The second-order valence-electron chi connectivity index (χ2n) is 6.81. The highest BCUT2D eigenvalue weighted by molar-refractivity contribution is 6.33. The fourth-order valence-electron chi connectivity index (χ4n) is 2.84. The Balaban J connectivity index is 1.64. The molecule has 1 aromatic heterocycles. The van der Waals surface area contributed by atoms with Crippen molar-refractivity contribution in [3.05, 3.63) is 82.1 Å². The summed E-state index contributed by atoms with van der Waals surface area (Å²) in [6.07, 6.45) is 0. The van der Waals surface area contributed by atoms with Crippen LogP contribution in [0.4, 0.5) is 0 Å². The first-order valence-electron chi connectivity index (χ1n) is 9.14. The molecular formula is C22H22ClN3O3. The number of carbonyl (C=O) groups is 2. The van der Waals surface area contributed by atoms with E-state index in [-0.39, 0.29) is 23.2 Å². The third kappa shape index (κ3) is 4.84. The van der Waals surface area contributed by atoms with Crippen LogP contribution in [0, 0.1) is 13.8 Å². The molecule has 1 amide bonds. The lowest BCUT2D eigenvalue weighted by Gasteiger charge is -2.17. The van der Waals surface area contributed by atoms with E-state index in [1.54, 1.807) is 14.0 Å². The highest BCUT2D eigenvalue weighted by Gasteiger charge is 2.23. The Labute approximate surface area is 174 Å². The summed E-state index contributed by atoms with van der Waals surface area (Å²) < 4.78 is 6.68. The number of hydrogen-bond donors (Lipinski definition) is 0. The summed E-state index contributed by atoms with van der Waals surface area (Å²) in [5, 5.41) is 4.47. The fraction of sp³-hybridized carbons (Fsp3) is 0.227. The minimum atomic E-state index is -0.674. The summed E-state index contributed by atoms with van der Waals surface area (Å²) >= 11 is 6.36. The fourth-order valence-corrected chi connectivity index (χ4v) is 3.19. The van der Waals surface area contributed by atoms with Gasteiger partial charge in [0.2, 0.25) is 0 Å². The molecule has 0 N–H and O–H groups in total. The van der Waals surface area contributed by atoms with E-state index < -0.39 is 5.97 Å². The molecule has 0 saturated heterocycles. The van der Waals surface area contributed by atoms with Crippen molar-refractivity contribution in [3.63, 3.8) is 0 Å². The number of amides is 1. The average Bonchev–Trinajstić information content (AvgIpc) is 3.02. The largest absolute Gasteiger partial charge is 0.452 e. The molecule has 0 saturated carbocycles. The maximum absolute atomic E-state index is 12.5. The molecule has 0 aliphatic rings. The van der Waals surface area contributed by atoms with E-state index >= 15 is 0 Å². The van der Waals surface area contributed by atoms with Gasteiger partial charge in [0.15, 0.2) is 6.61 Å². The summed E-state index contributed by atoms with van der Waals surface area (Å²) in [5.41, 5.74) is 3.48. The number of rotatable bonds is 6. The normalized spacial score (nSPS) is 10.6. The zero-order valence-corrected chi connectivity index (χ0v) is 17.3. The van der Waals surface area contributed by atoms with Crippen LogP contribution in [-0.2, 0) is 16.1 Å². The molecule has 29 heavy (non-hydrogen) atoms. The maximum atomic E-state index is 12.5. The molecular weight excluding hydrogens is 390 g/mol. The number of nitrogens with zero attached hydrogens (tertiary/aromatic N) is 3. The Morgan fingerprint density at radius 3 is 2.38 bits per heavy atom. The number of carbonyl (C=O) groups excluding carboxylic acids is 2. The molecule has 0 bridgehead atoms. The Bertz CT molecular complexity index is 1010. The van der Waals surface area contributed by atoms with Crippen molar-refractivity contribution in [1.29, 1.82) is 0 Å². The van der Waals surface area contributed by atoms with Gasteiger partial charge in [-0.05, 0) is 31.5 Å². The molecule has 0 fully saturated rings. The summed E-state index contributed by atoms with van der Waals surface area (Å²) in [6, 6.07) is 17.1. The number of hydrogen-bond acceptors (Lipinski definition) is 4. The van der Waals surface area contributed by atoms with E-state index in [4.69, 9.17) is 16.3 Å². The molecule has 150 valence electrons.